The summed E-state index contributed by atoms with van der Waals surface area (Å²) in [5, 5.41) is 7.02. The van der Waals surface area contributed by atoms with Crippen LogP contribution in [-0.4, -0.2) is 51.1 Å². The first kappa shape index (κ1) is 22.0. The van der Waals surface area contributed by atoms with Crippen molar-refractivity contribution in [1.29, 1.82) is 0 Å². The minimum atomic E-state index is 0.449. The lowest BCUT2D eigenvalue weighted by Crippen LogP contribution is -2.48. The Morgan fingerprint density at radius 3 is 2.53 bits per heavy atom. The average molecular weight is 432 g/mol. The number of nitrogens with one attached hydrogen (secondary N) is 2. The van der Waals surface area contributed by atoms with E-state index in [1.54, 1.807) is 6.20 Å². The van der Waals surface area contributed by atoms with Crippen LogP contribution in [-0.2, 0) is 13.1 Å². The molecular formula is C25H33N7. The number of aromatic nitrogens is 3. The Morgan fingerprint density at radius 2 is 1.88 bits per heavy atom. The van der Waals surface area contributed by atoms with Gasteiger partial charge in [0.15, 0.2) is 5.96 Å². The Bertz CT molecular complexity index is 987. The zero-order valence-corrected chi connectivity index (χ0v) is 19.0. The molecule has 1 aromatic carbocycles. The number of hydrogen-bond donors (Lipinski definition) is 2. The van der Waals surface area contributed by atoms with Gasteiger partial charge in [0, 0.05) is 50.8 Å². The summed E-state index contributed by atoms with van der Waals surface area (Å²) < 4.78 is 1.98. The molecule has 7 nitrogen and oxygen atoms in total. The molecule has 1 fully saturated rings. The lowest BCUT2D eigenvalue weighted by molar-refractivity contribution is 0.198. The number of pyridine rings is 1. The smallest absolute Gasteiger partial charge is 0.191 e. The molecule has 1 aliphatic rings. The van der Waals surface area contributed by atoms with Gasteiger partial charge in [0.2, 0.25) is 0 Å². The molecule has 4 rings (SSSR count). The molecule has 0 spiro atoms. The van der Waals surface area contributed by atoms with Gasteiger partial charge in [0.05, 0.1) is 6.54 Å². The lowest BCUT2D eigenvalue weighted by Gasteiger charge is -2.33. The zero-order valence-electron chi connectivity index (χ0n) is 19.0. The van der Waals surface area contributed by atoms with Gasteiger partial charge in [-0.1, -0.05) is 36.4 Å². The Balaban J connectivity index is 1.29. The first-order valence-electron chi connectivity index (χ1n) is 11.5. The summed E-state index contributed by atoms with van der Waals surface area (Å²) >= 11 is 0. The third-order valence-corrected chi connectivity index (χ3v) is 5.82. The summed E-state index contributed by atoms with van der Waals surface area (Å²) in [5.74, 6) is 2.68. The number of nitrogens with zero attached hydrogens (tertiary/aromatic N) is 5. The molecule has 0 amide bonds. The number of imidazole rings is 1. The van der Waals surface area contributed by atoms with E-state index >= 15 is 0 Å². The molecule has 2 aromatic heterocycles. The van der Waals surface area contributed by atoms with E-state index < -0.39 is 0 Å². The summed E-state index contributed by atoms with van der Waals surface area (Å²) in [6.45, 7) is 8.75. The van der Waals surface area contributed by atoms with Crippen molar-refractivity contribution in [3.05, 3.63) is 78.0 Å². The molecule has 3 heterocycles. The number of hydrogen-bond acceptors (Lipinski definition) is 4. The highest BCUT2D eigenvalue weighted by atomic mass is 15.2. The molecule has 3 aromatic rings. The predicted octanol–water partition coefficient (Wildman–Crippen LogP) is 3.30. The molecule has 0 radical (unpaired) electrons. The van der Waals surface area contributed by atoms with Crippen LogP contribution in [0.5, 0.6) is 0 Å². The van der Waals surface area contributed by atoms with Gasteiger partial charge in [-0.15, -0.1) is 0 Å². The maximum atomic E-state index is 4.80. The second-order valence-electron chi connectivity index (χ2n) is 8.24. The number of likely N-dealkylation sites (tertiary alicyclic amines) is 1. The summed E-state index contributed by atoms with van der Waals surface area (Å²) in [6.07, 6.45) is 7.85. The second-order valence-corrected chi connectivity index (χ2v) is 8.24. The number of guanidine groups is 1. The molecule has 0 aliphatic carbocycles. The lowest BCUT2D eigenvalue weighted by atomic mass is 10.0. The first-order valence-corrected chi connectivity index (χ1v) is 11.5. The van der Waals surface area contributed by atoms with Crippen molar-refractivity contribution in [2.75, 3.05) is 19.6 Å². The van der Waals surface area contributed by atoms with Gasteiger partial charge in [0.1, 0.15) is 11.6 Å². The monoisotopic (exact) mass is 431 g/mol. The van der Waals surface area contributed by atoms with Crippen molar-refractivity contribution in [2.24, 2.45) is 4.99 Å². The normalized spacial score (nSPS) is 15.6. The highest BCUT2D eigenvalue weighted by Crippen LogP contribution is 2.14. The van der Waals surface area contributed by atoms with Crippen molar-refractivity contribution in [1.82, 2.24) is 30.1 Å². The van der Waals surface area contributed by atoms with Gasteiger partial charge >= 0.3 is 0 Å². The van der Waals surface area contributed by atoms with Gasteiger partial charge in [-0.25, -0.2) is 15.0 Å². The molecular weight excluding hydrogens is 398 g/mol. The van der Waals surface area contributed by atoms with Crippen molar-refractivity contribution in [3.63, 3.8) is 0 Å². The predicted molar refractivity (Wildman–Crippen MR) is 129 cm³/mol. The fraction of sp³-hybridized carbons (Fsp3) is 0.400. The van der Waals surface area contributed by atoms with Gasteiger partial charge in [0.25, 0.3) is 0 Å². The number of aliphatic imine (C=N–C) groups is 1. The summed E-state index contributed by atoms with van der Waals surface area (Å²) in [4.78, 5) is 16.2. The van der Waals surface area contributed by atoms with Crippen LogP contribution < -0.4 is 10.6 Å². The molecule has 32 heavy (non-hydrogen) atoms. The summed E-state index contributed by atoms with van der Waals surface area (Å²) in [7, 11) is 0. The maximum absolute atomic E-state index is 4.80. The Labute approximate surface area is 190 Å². The van der Waals surface area contributed by atoms with Crippen molar-refractivity contribution < 1.29 is 0 Å². The van der Waals surface area contributed by atoms with Gasteiger partial charge in [-0.05, 0) is 43.9 Å². The fourth-order valence-electron chi connectivity index (χ4n) is 4.03. The van der Waals surface area contributed by atoms with Gasteiger partial charge < -0.3 is 10.6 Å². The molecule has 0 atom stereocenters. The molecule has 0 bridgehead atoms. The summed E-state index contributed by atoms with van der Waals surface area (Å²) in [6, 6.07) is 15.3. The maximum Gasteiger partial charge on any atom is 0.191 e. The fourth-order valence-corrected chi connectivity index (χ4v) is 4.03. The van der Waals surface area contributed by atoms with E-state index in [-0.39, 0.29) is 0 Å². The van der Waals surface area contributed by atoms with E-state index in [1.165, 1.54) is 5.56 Å². The molecule has 1 aliphatic heterocycles. The number of rotatable bonds is 7. The topological polar surface area (TPSA) is 70.4 Å². The van der Waals surface area contributed by atoms with Gasteiger partial charge in [-0.3, -0.25) is 9.47 Å². The Kier molecular flexibility index (Phi) is 7.51. The van der Waals surface area contributed by atoms with Crippen LogP contribution in [0, 0.1) is 6.92 Å². The molecule has 0 saturated carbocycles. The SMILES string of the molecule is CCNC(=NCc1ccc(-n2ccnc2C)nc1)NC1CCN(Cc2ccccc2)CC1. The number of aryl methyl sites for hydroxylation is 1. The minimum Gasteiger partial charge on any atom is -0.357 e. The second kappa shape index (κ2) is 10.9. The minimum absolute atomic E-state index is 0.449. The highest BCUT2D eigenvalue weighted by Gasteiger charge is 2.20. The number of piperidine rings is 1. The van der Waals surface area contributed by atoms with Crippen molar-refractivity contribution >= 4 is 5.96 Å². The van der Waals surface area contributed by atoms with Crippen molar-refractivity contribution in [3.8, 4) is 5.82 Å². The molecule has 0 unspecified atom stereocenters. The van der Waals surface area contributed by atoms with Crippen LogP contribution >= 0.6 is 0 Å². The number of benzene rings is 1. The van der Waals surface area contributed by atoms with E-state index in [4.69, 9.17) is 4.99 Å². The van der Waals surface area contributed by atoms with Gasteiger partial charge in [-0.2, -0.15) is 0 Å². The van der Waals surface area contributed by atoms with E-state index in [0.717, 1.165) is 62.2 Å². The summed E-state index contributed by atoms with van der Waals surface area (Å²) in [5.41, 5.74) is 2.47. The Hall–Kier alpha value is -3.19. The molecule has 1 saturated heterocycles. The molecule has 2 N–H and O–H groups in total. The van der Waals surface area contributed by atoms with Crippen LogP contribution in [0.1, 0.15) is 36.7 Å². The third kappa shape index (κ3) is 5.95. The van der Waals surface area contributed by atoms with Crippen molar-refractivity contribution in [2.45, 2.75) is 45.8 Å². The molecule has 7 heteroatoms. The van der Waals surface area contributed by atoms with Crippen LogP contribution in [0.2, 0.25) is 0 Å². The zero-order chi connectivity index (χ0) is 22.2. The molecule has 168 valence electrons. The first-order chi connectivity index (χ1) is 15.7. The highest BCUT2D eigenvalue weighted by molar-refractivity contribution is 5.80. The third-order valence-electron chi connectivity index (χ3n) is 5.82. The average Bonchev–Trinajstić information content (AvgIpc) is 3.26. The quantitative estimate of drug-likeness (QED) is 0.444. The largest absolute Gasteiger partial charge is 0.357 e. The van der Waals surface area contributed by atoms with E-state index in [0.29, 0.717) is 12.6 Å². The van der Waals surface area contributed by atoms with Crippen LogP contribution in [0.4, 0.5) is 0 Å². The standard InChI is InChI=1S/C25H33N7/c1-3-26-25(29-18-22-9-10-24(28-17-22)32-16-13-27-20(32)2)30-23-11-14-31(15-12-23)19-21-7-5-4-6-8-21/h4-10,13,16-17,23H,3,11-12,14-15,18-19H2,1-2H3,(H2,26,29,30). The van der Waals surface area contributed by atoms with E-state index in [2.05, 4.69) is 68.8 Å². The van der Waals surface area contributed by atoms with Crippen LogP contribution in [0.15, 0.2) is 66.0 Å². The Morgan fingerprint density at radius 1 is 1.06 bits per heavy atom. The van der Waals surface area contributed by atoms with Crippen LogP contribution in [0.25, 0.3) is 5.82 Å². The van der Waals surface area contributed by atoms with Crippen LogP contribution in [0.3, 0.4) is 0 Å². The van der Waals surface area contributed by atoms with E-state index in [1.807, 2.05) is 30.0 Å². The van der Waals surface area contributed by atoms with E-state index in [9.17, 15) is 0 Å².